The molecule has 1 saturated heterocycles. The van der Waals surface area contributed by atoms with Crippen LogP contribution in [-0.4, -0.2) is 35.3 Å². The van der Waals surface area contributed by atoms with Crippen LogP contribution in [0, 0.1) is 15.5 Å². The van der Waals surface area contributed by atoms with Crippen molar-refractivity contribution in [1.29, 1.82) is 5.41 Å². The zero-order valence-corrected chi connectivity index (χ0v) is 9.08. The van der Waals surface area contributed by atoms with E-state index in [0.717, 1.165) is 0 Å². The predicted molar refractivity (Wildman–Crippen MR) is 60.9 cm³/mol. The summed E-state index contributed by atoms with van der Waals surface area (Å²) in [5.74, 6) is -0.0998. The maximum atomic E-state index is 11.4. The first-order valence-electron chi connectivity index (χ1n) is 4.88. The minimum atomic E-state index is -0.490. The Hall–Kier alpha value is -2.44. The molecular weight excluding hydrogens is 224 g/mol. The fourth-order valence-electron chi connectivity index (χ4n) is 1.58. The summed E-state index contributed by atoms with van der Waals surface area (Å²) in [6.07, 6.45) is 0. The van der Waals surface area contributed by atoms with Gasteiger partial charge < -0.3 is 4.90 Å². The lowest BCUT2D eigenvalue weighted by Crippen LogP contribution is -2.30. The number of nitrogens with zero attached hydrogens (tertiary/aromatic N) is 3. The van der Waals surface area contributed by atoms with Crippen molar-refractivity contribution in [3.8, 4) is 0 Å². The summed E-state index contributed by atoms with van der Waals surface area (Å²) in [5.41, 5.74) is 0.581. The van der Waals surface area contributed by atoms with Gasteiger partial charge in [-0.25, -0.2) is 0 Å². The van der Waals surface area contributed by atoms with Gasteiger partial charge in [0.2, 0.25) is 11.9 Å². The molecule has 0 bridgehead atoms. The summed E-state index contributed by atoms with van der Waals surface area (Å²) < 4.78 is 0. The number of non-ortho nitro benzene ring substituents is 1. The number of hydrogen-bond acceptors (Lipinski definition) is 4. The molecular formula is C10H10N4O3. The Morgan fingerprint density at radius 1 is 1.35 bits per heavy atom. The number of nitrogens with one attached hydrogen (secondary N) is 1. The van der Waals surface area contributed by atoms with Crippen LogP contribution in [0.1, 0.15) is 0 Å². The molecule has 0 spiro atoms. The van der Waals surface area contributed by atoms with Crippen LogP contribution in [0.5, 0.6) is 0 Å². The third-order valence-corrected chi connectivity index (χ3v) is 2.61. The smallest absolute Gasteiger partial charge is 0.269 e. The summed E-state index contributed by atoms with van der Waals surface area (Å²) in [6.45, 7) is 0.0904. The van der Waals surface area contributed by atoms with Crippen molar-refractivity contribution in [3.63, 3.8) is 0 Å². The van der Waals surface area contributed by atoms with E-state index in [4.69, 9.17) is 5.41 Å². The van der Waals surface area contributed by atoms with Crippen molar-refractivity contribution in [1.82, 2.24) is 4.90 Å². The molecule has 1 fully saturated rings. The quantitative estimate of drug-likeness (QED) is 0.605. The number of nitro benzene ring substituents is 1. The third-order valence-electron chi connectivity index (χ3n) is 2.61. The Balaban J connectivity index is 2.27. The van der Waals surface area contributed by atoms with Crippen LogP contribution in [0.2, 0.25) is 0 Å². The zero-order valence-electron chi connectivity index (χ0n) is 9.08. The number of anilines is 1. The lowest BCUT2D eigenvalue weighted by atomic mass is 10.2. The molecule has 17 heavy (non-hydrogen) atoms. The molecule has 0 aromatic heterocycles. The third kappa shape index (κ3) is 1.82. The maximum absolute atomic E-state index is 11.4. The van der Waals surface area contributed by atoms with E-state index in [1.807, 2.05) is 0 Å². The number of hydrogen-bond donors (Lipinski definition) is 1. The number of rotatable bonds is 2. The van der Waals surface area contributed by atoms with Crippen molar-refractivity contribution < 1.29 is 9.72 Å². The Kier molecular flexibility index (Phi) is 2.51. The van der Waals surface area contributed by atoms with Crippen LogP contribution in [0.4, 0.5) is 11.4 Å². The van der Waals surface area contributed by atoms with Crippen LogP contribution in [0.15, 0.2) is 24.3 Å². The highest BCUT2D eigenvalue weighted by molar-refractivity contribution is 6.12. The van der Waals surface area contributed by atoms with Crippen molar-refractivity contribution in [2.24, 2.45) is 0 Å². The number of benzene rings is 1. The van der Waals surface area contributed by atoms with E-state index in [1.54, 1.807) is 0 Å². The van der Waals surface area contributed by atoms with E-state index in [2.05, 4.69) is 0 Å². The first kappa shape index (κ1) is 11.1. The molecule has 0 unspecified atom stereocenters. The molecule has 2 rings (SSSR count). The number of carbonyl (C=O) groups excluding carboxylic acids is 1. The zero-order chi connectivity index (χ0) is 12.6. The van der Waals surface area contributed by atoms with E-state index in [1.165, 1.54) is 41.1 Å². The molecule has 1 N–H and O–H groups in total. The second kappa shape index (κ2) is 3.85. The molecule has 1 amide bonds. The Morgan fingerprint density at radius 3 is 2.35 bits per heavy atom. The lowest BCUT2D eigenvalue weighted by molar-refractivity contribution is -0.384. The monoisotopic (exact) mass is 234 g/mol. The average molecular weight is 234 g/mol. The molecule has 0 atom stereocenters. The molecule has 1 aliphatic heterocycles. The van der Waals surface area contributed by atoms with Crippen LogP contribution in [0.25, 0.3) is 0 Å². The molecule has 88 valence electrons. The van der Waals surface area contributed by atoms with E-state index < -0.39 is 4.92 Å². The first-order valence-corrected chi connectivity index (χ1v) is 4.88. The number of likely N-dealkylation sites (N-methyl/N-ethyl adjacent to an activating group) is 1. The number of guanidine groups is 1. The number of carbonyl (C=O) groups is 1. The molecule has 1 heterocycles. The van der Waals surface area contributed by atoms with Crippen LogP contribution < -0.4 is 4.90 Å². The molecule has 1 aromatic rings. The second-order valence-corrected chi connectivity index (χ2v) is 3.64. The fraction of sp³-hybridized carbons (Fsp3) is 0.200. The van der Waals surface area contributed by atoms with Gasteiger partial charge in [-0.3, -0.25) is 25.2 Å². The fourth-order valence-corrected chi connectivity index (χ4v) is 1.58. The minimum Gasteiger partial charge on any atom is -0.303 e. The SMILES string of the molecule is CN1C(=N)N(c2ccc([N+](=O)[O-])cc2)CC1=O. The van der Waals surface area contributed by atoms with E-state index in [9.17, 15) is 14.9 Å². The van der Waals surface area contributed by atoms with Crippen LogP contribution in [-0.2, 0) is 4.79 Å². The minimum absolute atomic E-state index is 0.0147. The molecule has 1 aromatic carbocycles. The van der Waals surface area contributed by atoms with Crippen molar-refractivity contribution in [2.45, 2.75) is 0 Å². The van der Waals surface area contributed by atoms with Gasteiger partial charge in [-0.1, -0.05) is 0 Å². The Morgan fingerprint density at radius 2 is 1.94 bits per heavy atom. The molecule has 0 saturated carbocycles. The summed E-state index contributed by atoms with van der Waals surface area (Å²) in [7, 11) is 1.52. The Labute approximate surface area is 96.9 Å². The van der Waals surface area contributed by atoms with Gasteiger partial charge in [0.05, 0.1) is 4.92 Å². The second-order valence-electron chi connectivity index (χ2n) is 3.64. The van der Waals surface area contributed by atoms with E-state index >= 15 is 0 Å². The summed E-state index contributed by atoms with van der Waals surface area (Å²) >= 11 is 0. The summed E-state index contributed by atoms with van der Waals surface area (Å²) in [4.78, 5) is 24.1. The lowest BCUT2D eigenvalue weighted by Gasteiger charge is -2.17. The van der Waals surface area contributed by atoms with E-state index in [0.29, 0.717) is 5.69 Å². The van der Waals surface area contributed by atoms with Crippen molar-refractivity contribution >= 4 is 23.2 Å². The van der Waals surface area contributed by atoms with E-state index in [-0.39, 0.29) is 24.1 Å². The molecule has 7 heteroatoms. The highest BCUT2D eigenvalue weighted by atomic mass is 16.6. The Bertz CT molecular complexity index is 497. The molecule has 0 radical (unpaired) electrons. The van der Waals surface area contributed by atoms with Crippen molar-refractivity contribution in [3.05, 3.63) is 34.4 Å². The van der Waals surface area contributed by atoms with Crippen LogP contribution in [0.3, 0.4) is 0 Å². The van der Waals surface area contributed by atoms with Gasteiger partial charge in [-0.15, -0.1) is 0 Å². The van der Waals surface area contributed by atoms with Gasteiger partial charge in [-0.05, 0) is 12.1 Å². The number of amides is 1. The predicted octanol–water partition coefficient (Wildman–Crippen LogP) is 0.808. The maximum Gasteiger partial charge on any atom is 0.269 e. The standard InChI is InChI=1S/C10H10N4O3/c1-12-9(15)6-13(10(12)11)7-2-4-8(5-3-7)14(16)17/h2-5,11H,6H2,1H3. The largest absolute Gasteiger partial charge is 0.303 e. The first-order chi connectivity index (χ1) is 8.00. The van der Waals surface area contributed by atoms with Crippen LogP contribution >= 0.6 is 0 Å². The van der Waals surface area contributed by atoms with Gasteiger partial charge in [0.1, 0.15) is 6.54 Å². The highest BCUT2D eigenvalue weighted by Gasteiger charge is 2.30. The molecule has 7 nitrogen and oxygen atoms in total. The molecule has 0 aliphatic carbocycles. The van der Waals surface area contributed by atoms with Crippen molar-refractivity contribution in [2.75, 3.05) is 18.5 Å². The van der Waals surface area contributed by atoms with Gasteiger partial charge in [0.25, 0.3) is 5.69 Å². The van der Waals surface area contributed by atoms with Gasteiger partial charge >= 0.3 is 0 Å². The average Bonchev–Trinajstić information content (AvgIpc) is 2.57. The number of nitro groups is 1. The summed E-state index contributed by atoms with van der Waals surface area (Å²) in [5, 5.41) is 18.2. The topological polar surface area (TPSA) is 90.5 Å². The molecule has 1 aliphatic rings. The van der Waals surface area contributed by atoms with Gasteiger partial charge in [0, 0.05) is 24.9 Å². The highest BCUT2D eigenvalue weighted by Crippen LogP contribution is 2.22. The van der Waals surface area contributed by atoms with Gasteiger partial charge in [-0.2, -0.15) is 0 Å². The van der Waals surface area contributed by atoms with Gasteiger partial charge in [0.15, 0.2) is 0 Å². The summed E-state index contributed by atoms with van der Waals surface area (Å²) in [6, 6.07) is 5.76. The normalized spacial score (nSPS) is 15.6.